The molecular weight excluding hydrogens is 270 g/mol. The number of carboxylic acids is 1. The van der Waals surface area contributed by atoms with Gasteiger partial charge in [0.2, 0.25) is 5.91 Å². The van der Waals surface area contributed by atoms with Gasteiger partial charge in [0.15, 0.2) is 0 Å². The van der Waals surface area contributed by atoms with Crippen LogP contribution in [0.4, 0.5) is 0 Å². The van der Waals surface area contributed by atoms with Crippen molar-refractivity contribution in [3.8, 4) is 0 Å². The minimum Gasteiger partial charge on any atom is -0.478 e. The van der Waals surface area contributed by atoms with Gasteiger partial charge in [-0.3, -0.25) is 4.79 Å². The molecule has 21 heavy (non-hydrogen) atoms. The van der Waals surface area contributed by atoms with E-state index in [0.29, 0.717) is 26.0 Å². The Balaban J connectivity index is 1.89. The number of carboxylic acid groups (broad SMARTS) is 1. The lowest BCUT2D eigenvalue weighted by Gasteiger charge is -2.36. The van der Waals surface area contributed by atoms with E-state index in [1.54, 1.807) is 24.3 Å². The zero-order valence-electron chi connectivity index (χ0n) is 12.4. The second-order valence-electron chi connectivity index (χ2n) is 5.54. The first kappa shape index (κ1) is 15.5. The maximum Gasteiger partial charge on any atom is 0.335 e. The van der Waals surface area contributed by atoms with E-state index in [1.807, 2.05) is 18.7 Å². The van der Waals surface area contributed by atoms with Crippen LogP contribution in [0.15, 0.2) is 24.3 Å². The van der Waals surface area contributed by atoms with E-state index in [9.17, 15) is 9.59 Å². The van der Waals surface area contributed by atoms with Gasteiger partial charge in [0.25, 0.3) is 0 Å². The van der Waals surface area contributed by atoms with Gasteiger partial charge in [0.05, 0.1) is 24.3 Å². The molecule has 1 aromatic carbocycles. The third kappa shape index (κ3) is 4.04. The van der Waals surface area contributed by atoms with E-state index in [0.717, 1.165) is 5.56 Å². The van der Waals surface area contributed by atoms with Crippen LogP contribution in [0, 0.1) is 0 Å². The fourth-order valence-corrected chi connectivity index (χ4v) is 2.46. The van der Waals surface area contributed by atoms with Crippen LogP contribution < -0.4 is 0 Å². The van der Waals surface area contributed by atoms with Gasteiger partial charge in [0, 0.05) is 13.0 Å². The third-order valence-corrected chi connectivity index (χ3v) is 3.76. The fraction of sp³-hybridized carbons (Fsp3) is 0.500. The SMILES string of the molecule is CC1CN(C(=O)CCc2ccc(C(=O)O)cc2)C(C)CO1. The Morgan fingerprint density at radius 3 is 2.57 bits per heavy atom. The molecule has 0 saturated carbocycles. The van der Waals surface area contributed by atoms with Crippen molar-refractivity contribution in [3.63, 3.8) is 0 Å². The Hall–Kier alpha value is -1.88. The van der Waals surface area contributed by atoms with Crippen molar-refractivity contribution in [2.24, 2.45) is 0 Å². The number of amides is 1. The fourth-order valence-electron chi connectivity index (χ4n) is 2.46. The second-order valence-corrected chi connectivity index (χ2v) is 5.54. The highest BCUT2D eigenvalue weighted by atomic mass is 16.5. The molecule has 114 valence electrons. The largest absolute Gasteiger partial charge is 0.478 e. The van der Waals surface area contributed by atoms with Crippen molar-refractivity contribution in [2.45, 2.75) is 38.8 Å². The summed E-state index contributed by atoms with van der Waals surface area (Å²) in [5.41, 5.74) is 1.24. The summed E-state index contributed by atoms with van der Waals surface area (Å²) in [7, 11) is 0. The molecule has 1 fully saturated rings. The number of benzene rings is 1. The highest BCUT2D eigenvalue weighted by Gasteiger charge is 2.26. The minimum atomic E-state index is -0.936. The van der Waals surface area contributed by atoms with Gasteiger partial charge in [-0.1, -0.05) is 12.1 Å². The molecule has 0 aliphatic carbocycles. The Morgan fingerprint density at radius 1 is 1.29 bits per heavy atom. The Kier molecular flexibility index (Phi) is 4.96. The minimum absolute atomic E-state index is 0.0833. The van der Waals surface area contributed by atoms with Crippen LogP contribution in [0.2, 0.25) is 0 Å². The summed E-state index contributed by atoms with van der Waals surface area (Å²) in [6.45, 7) is 5.18. The molecular formula is C16H21NO4. The average molecular weight is 291 g/mol. The Labute approximate surface area is 124 Å². The average Bonchev–Trinajstić information content (AvgIpc) is 2.47. The van der Waals surface area contributed by atoms with Gasteiger partial charge in [-0.05, 0) is 38.0 Å². The van der Waals surface area contributed by atoms with Crippen LogP contribution in [0.5, 0.6) is 0 Å². The molecule has 1 aliphatic rings. The maximum atomic E-state index is 12.3. The molecule has 0 bridgehead atoms. The van der Waals surface area contributed by atoms with Crippen molar-refractivity contribution < 1.29 is 19.4 Å². The number of hydrogen-bond acceptors (Lipinski definition) is 3. The first-order chi connectivity index (χ1) is 9.97. The van der Waals surface area contributed by atoms with Crippen LogP contribution in [-0.2, 0) is 16.0 Å². The topological polar surface area (TPSA) is 66.8 Å². The Bertz CT molecular complexity index is 512. The first-order valence-corrected chi connectivity index (χ1v) is 7.20. The van der Waals surface area contributed by atoms with Crippen molar-refractivity contribution in [2.75, 3.05) is 13.2 Å². The number of carbonyl (C=O) groups is 2. The van der Waals surface area contributed by atoms with Crippen molar-refractivity contribution in [1.29, 1.82) is 0 Å². The zero-order valence-corrected chi connectivity index (χ0v) is 12.4. The highest BCUT2D eigenvalue weighted by molar-refractivity contribution is 5.87. The van der Waals surface area contributed by atoms with Crippen molar-refractivity contribution in [1.82, 2.24) is 4.90 Å². The normalized spacial score (nSPS) is 22.1. The molecule has 2 rings (SSSR count). The summed E-state index contributed by atoms with van der Waals surface area (Å²) in [4.78, 5) is 24.9. The lowest BCUT2D eigenvalue weighted by Crippen LogP contribution is -2.50. The smallest absolute Gasteiger partial charge is 0.335 e. The van der Waals surface area contributed by atoms with Gasteiger partial charge >= 0.3 is 5.97 Å². The molecule has 1 heterocycles. The van der Waals surface area contributed by atoms with Crippen LogP contribution in [0.25, 0.3) is 0 Å². The van der Waals surface area contributed by atoms with Crippen LogP contribution in [0.1, 0.15) is 36.2 Å². The molecule has 5 nitrogen and oxygen atoms in total. The van der Waals surface area contributed by atoms with E-state index in [-0.39, 0.29) is 23.6 Å². The maximum absolute atomic E-state index is 12.3. The number of carbonyl (C=O) groups excluding carboxylic acids is 1. The number of nitrogens with zero attached hydrogens (tertiary/aromatic N) is 1. The summed E-state index contributed by atoms with van der Waals surface area (Å²) in [6, 6.07) is 6.79. The second kappa shape index (κ2) is 6.72. The van der Waals surface area contributed by atoms with Crippen molar-refractivity contribution >= 4 is 11.9 Å². The number of rotatable bonds is 4. The highest BCUT2D eigenvalue weighted by Crippen LogP contribution is 2.14. The molecule has 1 saturated heterocycles. The summed E-state index contributed by atoms with van der Waals surface area (Å²) in [6.07, 6.45) is 1.14. The predicted octanol–water partition coefficient (Wildman–Crippen LogP) is 1.95. The molecule has 2 unspecified atom stereocenters. The predicted molar refractivity (Wildman–Crippen MR) is 78.3 cm³/mol. The monoisotopic (exact) mass is 291 g/mol. The molecule has 0 spiro atoms. The standard InChI is InChI=1S/C16H21NO4/c1-11-10-21-12(2)9-17(11)15(18)8-5-13-3-6-14(7-4-13)16(19)20/h3-4,6-7,11-12H,5,8-10H2,1-2H3,(H,19,20). The van der Waals surface area contributed by atoms with E-state index in [4.69, 9.17) is 9.84 Å². The molecule has 1 amide bonds. The van der Waals surface area contributed by atoms with Gasteiger partial charge in [-0.2, -0.15) is 0 Å². The van der Waals surface area contributed by atoms with Crippen LogP contribution >= 0.6 is 0 Å². The quantitative estimate of drug-likeness (QED) is 0.920. The summed E-state index contributed by atoms with van der Waals surface area (Å²) < 4.78 is 5.52. The molecule has 0 radical (unpaired) electrons. The van der Waals surface area contributed by atoms with E-state index < -0.39 is 5.97 Å². The van der Waals surface area contributed by atoms with E-state index >= 15 is 0 Å². The molecule has 0 aromatic heterocycles. The lowest BCUT2D eigenvalue weighted by molar-refractivity contribution is -0.143. The van der Waals surface area contributed by atoms with E-state index in [1.165, 1.54) is 0 Å². The number of aromatic carboxylic acids is 1. The number of morpholine rings is 1. The van der Waals surface area contributed by atoms with Gasteiger partial charge < -0.3 is 14.7 Å². The molecule has 1 aromatic rings. The van der Waals surface area contributed by atoms with Crippen molar-refractivity contribution in [3.05, 3.63) is 35.4 Å². The molecule has 1 aliphatic heterocycles. The van der Waals surface area contributed by atoms with Crippen LogP contribution in [-0.4, -0.2) is 47.2 Å². The first-order valence-electron chi connectivity index (χ1n) is 7.20. The summed E-state index contributed by atoms with van der Waals surface area (Å²) >= 11 is 0. The van der Waals surface area contributed by atoms with Crippen LogP contribution in [0.3, 0.4) is 0 Å². The third-order valence-electron chi connectivity index (χ3n) is 3.76. The summed E-state index contributed by atoms with van der Waals surface area (Å²) in [5, 5.41) is 8.85. The van der Waals surface area contributed by atoms with Gasteiger partial charge in [-0.25, -0.2) is 4.79 Å². The number of ether oxygens (including phenoxy) is 1. The van der Waals surface area contributed by atoms with Gasteiger partial charge in [0.1, 0.15) is 0 Å². The molecule has 1 N–H and O–H groups in total. The Morgan fingerprint density at radius 2 is 1.95 bits per heavy atom. The molecule has 2 atom stereocenters. The summed E-state index contributed by atoms with van der Waals surface area (Å²) in [5.74, 6) is -0.811. The lowest BCUT2D eigenvalue weighted by atomic mass is 10.1. The molecule has 5 heteroatoms. The number of hydrogen-bond donors (Lipinski definition) is 1. The van der Waals surface area contributed by atoms with E-state index in [2.05, 4.69) is 0 Å². The number of aryl methyl sites for hydroxylation is 1. The zero-order chi connectivity index (χ0) is 15.4. The van der Waals surface area contributed by atoms with Gasteiger partial charge in [-0.15, -0.1) is 0 Å².